The van der Waals surface area contributed by atoms with Crippen LogP contribution in [0, 0.1) is 12.7 Å². The largest absolute Gasteiger partial charge is 0.306 e. The summed E-state index contributed by atoms with van der Waals surface area (Å²) >= 11 is 0. The molecule has 0 saturated carbocycles. The van der Waals surface area contributed by atoms with E-state index in [-0.39, 0.29) is 5.56 Å². The molecule has 1 aliphatic rings. The zero-order valence-corrected chi connectivity index (χ0v) is 13.8. The molecule has 3 rings (SSSR count). The number of aryl methyl sites for hydroxylation is 1. The monoisotopic (exact) mass is 349 g/mol. The molecule has 1 aliphatic heterocycles. The number of sulfonamides is 1. The zero-order valence-electron chi connectivity index (χ0n) is 13.0. The van der Waals surface area contributed by atoms with Crippen LogP contribution >= 0.6 is 0 Å². The maximum atomic E-state index is 14.0. The van der Waals surface area contributed by atoms with Gasteiger partial charge in [0, 0.05) is 24.8 Å². The van der Waals surface area contributed by atoms with Crippen LogP contribution in [-0.2, 0) is 10.0 Å². The van der Waals surface area contributed by atoms with Gasteiger partial charge in [0.25, 0.3) is 5.91 Å². The summed E-state index contributed by atoms with van der Waals surface area (Å²) in [7, 11) is -3.91. The van der Waals surface area contributed by atoms with E-state index in [2.05, 4.69) is 10.3 Å². The third-order valence-electron chi connectivity index (χ3n) is 3.87. The van der Waals surface area contributed by atoms with E-state index in [4.69, 9.17) is 0 Å². The van der Waals surface area contributed by atoms with Gasteiger partial charge in [-0.1, -0.05) is 6.07 Å². The summed E-state index contributed by atoms with van der Waals surface area (Å²) in [6, 6.07) is 6.83. The number of nitrogens with zero attached hydrogens (tertiary/aromatic N) is 2. The Bertz CT molecular complexity index is 895. The number of halogens is 1. The van der Waals surface area contributed by atoms with Crippen molar-refractivity contribution in [2.45, 2.75) is 18.2 Å². The fraction of sp³-hybridized carbons (Fsp3) is 0.250. The van der Waals surface area contributed by atoms with Crippen molar-refractivity contribution in [1.29, 1.82) is 0 Å². The van der Waals surface area contributed by atoms with Gasteiger partial charge in [-0.05, 0) is 43.2 Å². The first kappa shape index (κ1) is 16.5. The number of hydrogen-bond acceptors (Lipinski definition) is 4. The molecule has 1 amide bonds. The molecule has 2 aromatic rings. The maximum absolute atomic E-state index is 14.0. The summed E-state index contributed by atoms with van der Waals surface area (Å²) in [5, 5.41) is 2.60. The lowest BCUT2D eigenvalue weighted by Gasteiger charge is -2.29. The topological polar surface area (TPSA) is 79.4 Å². The molecule has 2 heterocycles. The van der Waals surface area contributed by atoms with Gasteiger partial charge in [-0.2, -0.15) is 4.31 Å². The van der Waals surface area contributed by atoms with Crippen molar-refractivity contribution in [2.24, 2.45) is 0 Å². The molecule has 6 nitrogen and oxygen atoms in total. The number of carbonyl (C=O) groups is 1. The molecule has 0 bridgehead atoms. The van der Waals surface area contributed by atoms with Gasteiger partial charge >= 0.3 is 0 Å². The number of pyridine rings is 1. The third-order valence-corrected chi connectivity index (χ3v) is 5.78. The van der Waals surface area contributed by atoms with Crippen molar-refractivity contribution in [3.05, 3.63) is 53.5 Å². The summed E-state index contributed by atoms with van der Waals surface area (Å²) in [4.78, 5) is 15.9. The highest BCUT2D eigenvalue weighted by atomic mass is 32.2. The second-order valence-corrected chi connectivity index (χ2v) is 7.43. The number of hydrogen-bond donors (Lipinski definition) is 1. The van der Waals surface area contributed by atoms with Crippen molar-refractivity contribution >= 4 is 21.7 Å². The first-order valence-electron chi connectivity index (χ1n) is 7.42. The van der Waals surface area contributed by atoms with E-state index >= 15 is 0 Å². The highest BCUT2D eigenvalue weighted by Gasteiger charge is 2.32. The minimum Gasteiger partial charge on any atom is -0.306 e. The average Bonchev–Trinajstić information content (AvgIpc) is 2.47. The van der Waals surface area contributed by atoms with Crippen LogP contribution < -0.4 is 5.32 Å². The Kier molecular flexibility index (Phi) is 4.33. The van der Waals surface area contributed by atoms with Gasteiger partial charge in [-0.15, -0.1) is 0 Å². The normalized spacial score (nSPS) is 14.9. The number of aromatic nitrogens is 1. The molecule has 1 fully saturated rings. The van der Waals surface area contributed by atoms with Gasteiger partial charge in [-0.3, -0.25) is 4.79 Å². The van der Waals surface area contributed by atoms with Crippen LogP contribution in [-0.4, -0.2) is 36.7 Å². The van der Waals surface area contributed by atoms with E-state index < -0.39 is 26.6 Å². The van der Waals surface area contributed by atoms with Crippen LogP contribution in [0.25, 0.3) is 0 Å². The van der Waals surface area contributed by atoms with Crippen molar-refractivity contribution in [3.63, 3.8) is 0 Å². The summed E-state index contributed by atoms with van der Waals surface area (Å²) < 4.78 is 39.9. The smallest absolute Gasteiger partial charge is 0.256 e. The van der Waals surface area contributed by atoms with Crippen molar-refractivity contribution in [1.82, 2.24) is 9.29 Å². The van der Waals surface area contributed by atoms with E-state index in [9.17, 15) is 17.6 Å². The lowest BCUT2D eigenvalue weighted by molar-refractivity contribution is 0.102. The highest BCUT2D eigenvalue weighted by molar-refractivity contribution is 7.89. The Labute approximate surface area is 139 Å². The molecule has 0 aliphatic carbocycles. The fourth-order valence-electron chi connectivity index (χ4n) is 2.31. The Morgan fingerprint density at radius 3 is 2.67 bits per heavy atom. The molecule has 126 valence electrons. The molecule has 24 heavy (non-hydrogen) atoms. The number of nitrogens with one attached hydrogen (secondary N) is 1. The number of amides is 1. The standard InChI is InChI=1S/C16H16FN3O3S/c1-11-4-2-7-18-15(11)19-16(21)12-5-6-13(17)14(10-12)24(22,23)20-8-3-9-20/h2,4-7,10H,3,8-9H2,1H3,(H,18,19,21). The molecule has 1 aromatic carbocycles. The van der Waals surface area contributed by atoms with Gasteiger partial charge in [0.1, 0.15) is 16.5 Å². The van der Waals surface area contributed by atoms with Crippen LogP contribution in [0.15, 0.2) is 41.4 Å². The Hall–Kier alpha value is -2.32. The SMILES string of the molecule is Cc1cccnc1NC(=O)c1ccc(F)c(S(=O)(=O)N2CCC2)c1. The molecule has 0 spiro atoms. The molecule has 0 atom stereocenters. The number of rotatable bonds is 4. The van der Waals surface area contributed by atoms with E-state index in [0.29, 0.717) is 18.9 Å². The fourth-order valence-corrected chi connectivity index (χ4v) is 3.91. The first-order valence-corrected chi connectivity index (χ1v) is 8.86. The average molecular weight is 349 g/mol. The van der Waals surface area contributed by atoms with Crippen LogP contribution in [0.4, 0.5) is 10.2 Å². The van der Waals surface area contributed by atoms with Gasteiger partial charge in [0.15, 0.2) is 0 Å². The summed E-state index contributed by atoms with van der Waals surface area (Å²) in [6.45, 7) is 2.52. The molecule has 0 unspecified atom stereocenters. The van der Waals surface area contributed by atoms with E-state index in [1.54, 1.807) is 19.1 Å². The van der Waals surface area contributed by atoms with Crippen molar-refractivity contribution in [3.8, 4) is 0 Å². The summed E-state index contributed by atoms with van der Waals surface area (Å²) in [6.07, 6.45) is 2.28. The summed E-state index contributed by atoms with van der Waals surface area (Å²) in [5.41, 5.74) is 0.821. The highest BCUT2D eigenvalue weighted by Crippen LogP contribution is 2.25. The Balaban J connectivity index is 1.91. The van der Waals surface area contributed by atoms with Crippen LogP contribution in [0.5, 0.6) is 0 Å². The van der Waals surface area contributed by atoms with Crippen LogP contribution in [0.2, 0.25) is 0 Å². The summed E-state index contributed by atoms with van der Waals surface area (Å²) in [5.74, 6) is -1.04. The third kappa shape index (κ3) is 3.02. The zero-order chi connectivity index (χ0) is 17.3. The number of benzene rings is 1. The molecule has 8 heteroatoms. The van der Waals surface area contributed by atoms with E-state index in [0.717, 1.165) is 24.1 Å². The number of carbonyl (C=O) groups excluding carboxylic acids is 1. The second kappa shape index (κ2) is 6.29. The Morgan fingerprint density at radius 2 is 2.04 bits per heavy atom. The first-order chi connectivity index (χ1) is 11.4. The van der Waals surface area contributed by atoms with Gasteiger partial charge in [0.05, 0.1) is 0 Å². The minimum atomic E-state index is -3.91. The lowest BCUT2D eigenvalue weighted by Crippen LogP contribution is -2.42. The van der Waals surface area contributed by atoms with Gasteiger partial charge < -0.3 is 5.32 Å². The molecule has 1 N–H and O–H groups in total. The van der Waals surface area contributed by atoms with E-state index in [1.807, 2.05) is 0 Å². The lowest BCUT2D eigenvalue weighted by atomic mass is 10.2. The predicted octanol–water partition coefficient (Wildman–Crippen LogP) is 2.18. The van der Waals surface area contributed by atoms with Crippen molar-refractivity contribution < 1.29 is 17.6 Å². The van der Waals surface area contributed by atoms with E-state index in [1.165, 1.54) is 16.6 Å². The maximum Gasteiger partial charge on any atom is 0.256 e. The van der Waals surface area contributed by atoms with Crippen LogP contribution in [0.3, 0.4) is 0 Å². The second-order valence-electron chi connectivity index (χ2n) is 5.53. The van der Waals surface area contributed by atoms with Gasteiger partial charge in [0.2, 0.25) is 10.0 Å². The minimum absolute atomic E-state index is 0.0561. The molecule has 1 aromatic heterocycles. The number of anilines is 1. The van der Waals surface area contributed by atoms with Crippen LogP contribution in [0.1, 0.15) is 22.3 Å². The Morgan fingerprint density at radius 1 is 1.29 bits per heavy atom. The molecule has 0 radical (unpaired) electrons. The quantitative estimate of drug-likeness (QED) is 0.917. The molecular formula is C16H16FN3O3S. The molecular weight excluding hydrogens is 333 g/mol. The van der Waals surface area contributed by atoms with Crippen molar-refractivity contribution in [2.75, 3.05) is 18.4 Å². The predicted molar refractivity (Wildman–Crippen MR) is 86.7 cm³/mol. The van der Waals surface area contributed by atoms with Gasteiger partial charge in [-0.25, -0.2) is 17.8 Å². The molecule has 1 saturated heterocycles.